The third-order valence-corrected chi connectivity index (χ3v) is 3.75. The lowest BCUT2D eigenvalue weighted by Gasteiger charge is -2.41. The molecule has 1 saturated carbocycles. The van der Waals surface area contributed by atoms with Gasteiger partial charge in [0.2, 0.25) is 0 Å². The van der Waals surface area contributed by atoms with Crippen LogP contribution in [0.2, 0.25) is 0 Å². The number of thiazole rings is 1. The molecule has 1 aromatic rings. The summed E-state index contributed by atoms with van der Waals surface area (Å²) in [4.78, 5) is 15.6. The molecule has 0 bridgehead atoms. The first-order chi connectivity index (χ1) is 7.62. The fourth-order valence-electron chi connectivity index (χ4n) is 1.72. The summed E-state index contributed by atoms with van der Waals surface area (Å²) in [5.74, 6) is -0.405. The molecule has 0 spiro atoms. The Kier molecular flexibility index (Phi) is 3.22. The van der Waals surface area contributed by atoms with E-state index in [0.29, 0.717) is 19.4 Å². The first-order valence-electron chi connectivity index (χ1n) is 5.25. The molecule has 1 atom stereocenters. The van der Waals surface area contributed by atoms with E-state index in [1.54, 1.807) is 6.20 Å². The van der Waals surface area contributed by atoms with E-state index in [0.717, 1.165) is 11.4 Å². The number of carbonyl (C=O) groups excluding carboxylic acids is 1. The fourth-order valence-corrected chi connectivity index (χ4v) is 2.28. The second-order valence-electron chi connectivity index (χ2n) is 4.13. The molecule has 2 rings (SSSR count). The third kappa shape index (κ3) is 2.23. The normalized spacial score (nSPS) is 19.9. The van der Waals surface area contributed by atoms with Crippen molar-refractivity contribution in [3.63, 3.8) is 0 Å². The highest BCUT2D eigenvalue weighted by molar-refractivity contribution is 7.09. The molecule has 4 N–H and O–H groups in total. The zero-order valence-corrected chi connectivity index (χ0v) is 9.67. The van der Waals surface area contributed by atoms with E-state index < -0.39 is 17.6 Å². The number of hydrogen-bond donors (Lipinski definition) is 3. The first kappa shape index (κ1) is 11.5. The molecule has 5 nitrogen and oxygen atoms in total. The van der Waals surface area contributed by atoms with Crippen LogP contribution in [-0.2, 0) is 11.3 Å². The number of aromatic nitrogens is 1. The van der Waals surface area contributed by atoms with Crippen LogP contribution in [0.1, 0.15) is 24.3 Å². The molecule has 1 aliphatic rings. The van der Waals surface area contributed by atoms with Gasteiger partial charge >= 0.3 is 0 Å². The van der Waals surface area contributed by atoms with E-state index in [4.69, 9.17) is 5.73 Å². The molecule has 1 aromatic heterocycles. The molecule has 16 heavy (non-hydrogen) atoms. The second-order valence-corrected chi connectivity index (χ2v) is 5.11. The smallest absolute Gasteiger partial charge is 0.251 e. The molecular formula is C10H15N3O2S. The number of aliphatic hydroxyl groups excluding tert-OH is 1. The minimum Gasteiger partial charge on any atom is -0.381 e. The molecule has 0 aromatic carbocycles. The zero-order chi connectivity index (χ0) is 11.6. The highest BCUT2D eigenvalue weighted by atomic mass is 32.1. The lowest BCUT2D eigenvalue weighted by molar-refractivity contribution is -0.135. The van der Waals surface area contributed by atoms with Crippen molar-refractivity contribution >= 4 is 17.2 Å². The number of carbonyl (C=O) groups is 1. The van der Waals surface area contributed by atoms with Crippen LogP contribution in [0, 0.1) is 0 Å². The van der Waals surface area contributed by atoms with Crippen LogP contribution < -0.4 is 11.1 Å². The maximum Gasteiger partial charge on any atom is 0.251 e. The Hall–Kier alpha value is -0.980. The van der Waals surface area contributed by atoms with Gasteiger partial charge in [-0.3, -0.25) is 4.79 Å². The summed E-state index contributed by atoms with van der Waals surface area (Å²) in [6.07, 6.45) is 2.96. The molecule has 0 saturated heterocycles. The number of hydrogen-bond acceptors (Lipinski definition) is 5. The molecule has 1 fully saturated rings. The molecule has 0 radical (unpaired) electrons. The minimum absolute atomic E-state index is 0.351. The van der Waals surface area contributed by atoms with Gasteiger partial charge in [-0.2, -0.15) is 0 Å². The van der Waals surface area contributed by atoms with Crippen LogP contribution in [0.4, 0.5) is 0 Å². The Bertz CT molecular complexity index is 362. The second kappa shape index (κ2) is 4.48. The number of amides is 1. The van der Waals surface area contributed by atoms with Gasteiger partial charge < -0.3 is 16.2 Å². The third-order valence-electron chi connectivity index (χ3n) is 2.97. The van der Waals surface area contributed by atoms with Crippen molar-refractivity contribution in [2.45, 2.75) is 37.5 Å². The lowest BCUT2D eigenvalue weighted by atomic mass is 9.73. The summed E-state index contributed by atoms with van der Waals surface area (Å²) in [6.45, 7) is 0.351. The highest BCUT2D eigenvalue weighted by Crippen LogP contribution is 2.32. The standard InChI is InChI=1S/C10H15N3O2S/c11-10(2-1-3-10)8(14)9(15)13-6-7-12-4-5-16-7/h4-5,8,14H,1-3,6,11H2,(H,13,15). The average molecular weight is 241 g/mol. The van der Waals surface area contributed by atoms with Gasteiger partial charge in [-0.25, -0.2) is 4.98 Å². The van der Waals surface area contributed by atoms with Crippen LogP contribution in [0.15, 0.2) is 11.6 Å². The van der Waals surface area contributed by atoms with Crippen molar-refractivity contribution < 1.29 is 9.90 Å². The van der Waals surface area contributed by atoms with E-state index in [1.165, 1.54) is 11.3 Å². The van der Waals surface area contributed by atoms with Crippen molar-refractivity contribution in [1.82, 2.24) is 10.3 Å². The predicted molar refractivity (Wildman–Crippen MR) is 60.7 cm³/mol. The summed E-state index contributed by atoms with van der Waals surface area (Å²) in [5, 5.41) is 15.1. The number of rotatable bonds is 4. The largest absolute Gasteiger partial charge is 0.381 e. The quantitative estimate of drug-likeness (QED) is 0.692. The summed E-state index contributed by atoms with van der Waals surface area (Å²) >= 11 is 1.47. The van der Waals surface area contributed by atoms with Gasteiger partial charge in [0.25, 0.3) is 5.91 Å². The molecule has 1 aliphatic carbocycles. The summed E-state index contributed by atoms with van der Waals surface area (Å²) in [6, 6.07) is 0. The van der Waals surface area contributed by atoms with Crippen molar-refractivity contribution in [2.24, 2.45) is 5.73 Å². The molecule has 88 valence electrons. The van der Waals surface area contributed by atoms with Gasteiger partial charge in [0.1, 0.15) is 5.01 Å². The van der Waals surface area contributed by atoms with Gasteiger partial charge in [0, 0.05) is 11.6 Å². The van der Waals surface area contributed by atoms with E-state index in [-0.39, 0.29) is 0 Å². The monoisotopic (exact) mass is 241 g/mol. The van der Waals surface area contributed by atoms with Crippen molar-refractivity contribution in [1.29, 1.82) is 0 Å². The number of nitrogens with two attached hydrogens (primary N) is 1. The van der Waals surface area contributed by atoms with Gasteiger partial charge in [-0.15, -0.1) is 11.3 Å². The Balaban J connectivity index is 1.83. The predicted octanol–water partition coefficient (Wildman–Crippen LogP) is 0.00160. The van der Waals surface area contributed by atoms with Gasteiger partial charge in [-0.1, -0.05) is 0 Å². The van der Waals surface area contributed by atoms with E-state index in [9.17, 15) is 9.90 Å². The minimum atomic E-state index is -1.11. The summed E-state index contributed by atoms with van der Waals surface area (Å²) in [7, 11) is 0. The molecule has 6 heteroatoms. The molecular weight excluding hydrogens is 226 g/mol. The average Bonchev–Trinajstić information content (AvgIpc) is 2.74. The van der Waals surface area contributed by atoms with Gasteiger partial charge in [0.05, 0.1) is 12.1 Å². The summed E-state index contributed by atoms with van der Waals surface area (Å²) in [5.41, 5.74) is 5.16. The number of nitrogens with zero attached hydrogens (tertiary/aromatic N) is 1. The van der Waals surface area contributed by atoms with Crippen LogP contribution in [0.5, 0.6) is 0 Å². The molecule has 1 unspecified atom stereocenters. The lowest BCUT2D eigenvalue weighted by Crippen LogP contribution is -2.61. The van der Waals surface area contributed by atoms with Crippen molar-refractivity contribution in [3.05, 3.63) is 16.6 Å². The zero-order valence-electron chi connectivity index (χ0n) is 8.85. The van der Waals surface area contributed by atoms with Crippen molar-refractivity contribution in [2.75, 3.05) is 0 Å². The first-order valence-corrected chi connectivity index (χ1v) is 6.13. The van der Waals surface area contributed by atoms with Crippen molar-refractivity contribution in [3.8, 4) is 0 Å². The van der Waals surface area contributed by atoms with Gasteiger partial charge in [0.15, 0.2) is 6.10 Å². The van der Waals surface area contributed by atoms with Crippen LogP contribution in [-0.4, -0.2) is 27.6 Å². The van der Waals surface area contributed by atoms with E-state index in [2.05, 4.69) is 10.3 Å². The van der Waals surface area contributed by atoms with Gasteiger partial charge in [-0.05, 0) is 19.3 Å². The fraction of sp³-hybridized carbons (Fsp3) is 0.600. The van der Waals surface area contributed by atoms with Crippen LogP contribution in [0.25, 0.3) is 0 Å². The van der Waals surface area contributed by atoms with E-state index >= 15 is 0 Å². The Morgan fingerprint density at radius 3 is 3.00 bits per heavy atom. The number of nitrogens with one attached hydrogen (secondary N) is 1. The van der Waals surface area contributed by atoms with E-state index in [1.807, 2.05) is 5.38 Å². The SMILES string of the molecule is NC1(C(O)C(=O)NCc2nccs2)CCC1. The number of aliphatic hydroxyl groups is 1. The topological polar surface area (TPSA) is 88.2 Å². The summed E-state index contributed by atoms with van der Waals surface area (Å²) < 4.78 is 0. The maximum absolute atomic E-state index is 11.6. The Labute approximate surface area is 97.7 Å². The molecule has 0 aliphatic heterocycles. The van der Waals surface area contributed by atoms with Crippen LogP contribution in [0.3, 0.4) is 0 Å². The maximum atomic E-state index is 11.6. The Morgan fingerprint density at radius 1 is 1.75 bits per heavy atom. The Morgan fingerprint density at radius 2 is 2.50 bits per heavy atom. The molecule has 1 heterocycles. The highest BCUT2D eigenvalue weighted by Gasteiger charge is 2.43. The molecule has 1 amide bonds. The van der Waals surface area contributed by atoms with Crippen LogP contribution >= 0.6 is 11.3 Å².